The number of benzene rings is 2. The maximum absolute atomic E-state index is 13.9. The lowest BCUT2D eigenvalue weighted by molar-refractivity contribution is -0.126. The van der Waals surface area contributed by atoms with Gasteiger partial charge in [-0.15, -0.1) is 0 Å². The van der Waals surface area contributed by atoms with Gasteiger partial charge in [0.15, 0.2) is 12.2 Å². The van der Waals surface area contributed by atoms with Crippen molar-refractivity contribution in [1.82, 2.24) is 4.90 Å². The molecule has 2 aromatic rings. The van der Waals surface area contributed by atoms with Crippen molar-refractivity contribution in [3.8, 4) is 11.5 Å². The fourth-order valence-electron chi connectivity index (χ4n) is 7.89. The predicted octanol–water partition coefficient (Wildman–Crippen LogP) is 7.55. The molecule has 56 heavy (non-hydrogen) atoms. The summed E-state index contributed by atoms with van der Waals surface area (Å²) < 4.78 is 26.8. The van der Waals surface area contributed by atoms with Crippen LogP contribution in [-0.2, 0) is 36.6 Å². The second-order valence-electron chi connectivity index (χ2n) is 15.2. The fraction of sp³-hybridized carbons (Fsp3) is 0.636. The third-order valence-electron chi connectivity index (χ3n) is 10.9. The summed E-state index contributed by atoms with van der Waals surface area (Å²) in [5, 5.41) is 0. The smallest absolute Gasteiger partial charge is 0.338 e. The van der Waals surface area contributed by atoms with Gasteiger partial charge in [0.25, 0.3) is 17.7 Å². The number of rotatable bonds is 16. The van der Waals surface area contributed by atoms with Gasteiger partial charge in [-0.2, -0.15) is 0 Å². The fourth-order valence-corrected chi connectivity index (χ4v) is 7.89. The number of hydrogen-bond acceptors (Lipinski definition) is 9. The zero-order valence-electron chi connectivity index (χ0n) is 35.2. The monoisotopic (exact) mass is 779 g/mol. The van der Waals surface area contributed by atoms with Gasteiger partial charge in [-0.05, 0) is 114 Å². The molecule has 1 fully saturated rings. The van der Waals surface area contributed by atoms with Gasteiger partial charge in [0.05, 0.1) is 24.0 Å². The number of amides is 3. The van der Waals surface area contributed by atoms with Gasteiger partial charge >= 0.3 is 5.97 Å². The molecule has 2 aliphatic heterocycles. The highest BCUT2D eigenvalue weighted by Crippen LogP contribution is 2.39. The molecule has 2 heterocycles. The molecule has 2 aromatic carbocycles. The third kappa shape index (κ3) is 10.6. The normalized spacial score (nSPS) is 18.0. The number of carbonyl (C=O) groups excluding carboxylic acids is 4. The van der Waals surface area contributed by atoms with E-state index in [4.69, 9.17) is 23.7 Å². The Hall–Kier alpha value is -4.16. The Balaban J connectivity index is 0.000000259. The molecular formula is C44H65N3O9. The van der Waals surface area contributed by atoms with E-state index in [0.29, 0.717) is 67.1 Å². The first-order valence-electron chi connectivity index (χ1n) is 20.6. The number of hydrogen-bond donors (Lipinski definition) is 0. The largest absolute Gasteiger partial charge is 0.479 e. The highest BCUT2D eigenvalue weighted by atomic mass is 16.5. The van der Waals surface area contributed by atoms with E-state index in [-0.39, 0.29) is 23.8 Å². The van der Waals surface area contributed by atoms with Crippen molar-refractivity contribution in [1.29, 1.82) is 0 Å². The van der Waals surface area contributed by atoms with Crippen LogP contribution in [0.3, 0.4) is 0 Å². The second-order valence-corrected chi connectivity index (χ2v) is 15.2. The summed E-state index contributed by atoms with van der Waals surface area (Å²) in [7, 11) is 4.70. The number of anilines is 2. The van der Waals surface area contributed by atoms with Crippen LogP contribution in [0.25, 0.3) is 0 Å². The van der Waals surface area contributed by atoms with Crippen molar-refractivity contribution < 1.29 is 42.9 Å². The van der Waals surface area contributed by atoms with Gasteiger partial charge in [-0.25, -0.2) is 4.79 Å². The zero-order chi connectivity index (χ0) is 40.9. The number of carbonyl (C=O) groups is 4. The molecule has 3 aliphatic rings. The number of aryl methyl sites for hydroxylation is 2. The van der Waals surface area contributed by atoms with Gasteiger partial charge in [0, 0.05) is 58.2 Å². The Bertz CT molecular complexity index is 1650. The van der Waals surface area contributed by atoms with Crippen LogP contribution in [-0.4, -0.2) is 101 Å². The molecule has 0 unspecified atom stereocenters. The van der Waals surface area contributed by atoms with Crippen LogP contribution in [0.2, 0.25) is 0 Å². The van der Waals surface area contributed by atoms with Gasteiger partial charge in [-0.1, -0.05) is 33.1 Å². The number of ether oxygens (including phenoxy) is 5. The lowest BCUT2D eigenvalue weighted by Crippen LogP contribution is -2.47. The summed E-state index contributed by atoms with van der Waals surface area (Å²) >= 11 is 0. The van der Waals surface area contributed by atoms with Crippen LogP contribution in [0, 0.1) is 0 Å². The number of unbranched alkanes of at least 4 members (excludes halogenated alkanes) is 2. The van der Waals surface area contributed by atoms with Gasteiger partial charge in [0.2, 0.25) is 0 Å². The van der Waals surface area contributed by atoms with Crippen LogP contribution in [0.15, 0.2) is 24.3 Å². The van der Waals surface area contributed by atoms with Crippen molar-refractivity contribution >= 4 is 35.1 Å². The summed E-state index contributed by atoms with van der Waals surface area (Å²) in [6, 6.07) is 7.86. The molecule has 0 radical (unpaired) electrons. The molecular weight excluding hydrogens is 714 g/mol. The first-order valence-corrected chi connectivity index (χ1v) is 20.6. The van der Waals surface area contributed by atoms with E-state index in [9.17, 15) is 19.2 Å². The van der Waals surface area contributed by atoms with Crippen LogP contribution in [0.1, 0.15) is 131 Å². The summed E-state index contributed by atoms with van der Waals surface area (Å²) in [6.45, 7) is 14.3. The Morgan fingerprint density at radius 3 is 1.62 bits per heavy atom. The standard InChI is InChI=1S/C26H40N2O4.C18H25NO5/c1-6-20-16-24-23(27(14-10-11-15-31-5)25(29)19(4)32-24)17-22(20)26(30)28(18(2)3)21-12-8-7-9-13-21;1-5-13-10-16-15(11-14(13)18(21)23-4)19(8-6-7-9-22-3)17(20)12(2)24-16/h16-19,21H,6-15H2,1-5H3;10-12H,5-9H2,1-4H3/t19-;12-/m11/s1. The minimum absolute atomic E-state index is 0.0504. The van der Waals surface area contributed by atoms with Gasteiger partial charge < -0.3 is 38.4 Å². The van der Waals surface area contributed by atoms with Crippen molar-refractivity contribution in [3.05, 3.63) is 46.5 Å². The molecule has 3 amide bonds. The van der Waals surface area contributed by atoms with E-state index >= 15 is 0 Å². The summed E-state index contributed by atoms with van der Waals surface area (Å²) in [6.07, 6.45) is 9.52. The number of fused-ring (bicyclic) bond motifs is 2. The van der Waals surface area contributed by atoms with E-state index < -0.39 is 18.2 Å². The van der Waals surface area contributed by atoms with Crippen molar-refractivity contribution in [3.63, 3.8) is 0 Å². The van der Waals surface area contributed by atoms with Crippen LogP contribution >= 0.6 is 0 Å². The maximum Gasteiger partial charge on any atom is 0.338 e. The molecule has 5 rings (SSSR count). The lowest BCUT2D eigenvalue weighted by Gasteiger charge is -2.38. The first-order chi connectivity index (χ1) is 26.9. The maximum atomic E-state index is 13.9. The van der Waals surface area contributed by atoms with E-state index in [1.54, 1.807) is 43.9 Å². The number of nitrogens with zero attached hydrogens (tertiary/aromatic N) is 3. The molecule has 0 spiro atoms. The van der Waals surface area contributed by atoms with Crippen molar-refractivity contribution in [2.45, 2.75) is 136 Å². The highest BCUT2D eigenvalue weighted by molar-refractivity contribution is 6.04. The Morgan fingerprint density at radius 1 is 0.732 bits per heavy atom. The van der Waals surface area contributed by atoms with Gasteiger partial charge in [-0.3, -0.25) is 14.4 Å². The third-order valence-corrected chi connectivity index (χ3v) is 10.9. The minimum atomic E-state index is -0.534. The quantitative estimate of drug-likeness (QED) is 0.126. The Morgan fingerprint density at radius 2 is 1.20 bits per heavy atom. The predicted molar refractivity (Wildman–Crippen MR) is 218 cm³/mol. The van der Waals surface area contributed by atoms with Gasteiger partial charge in [0.1, 0.15) is 11.5 Å². The average molecular weight is 780 g/mol. The van der Waals surface area contributed by atoms with Crippen molar-refractivity contribution in [2.24, 2.45) is 0 Å². The summed E-state index contributed by atoms with van der Waals surface area (Å²) in [5.74, 6) is 0.867. The van der Waals surface area contributed by atoms with E-state index in [0.717, 1.165) is 61.8 Å². The Labute approximate surface area is 334 Å². The number of esters is 1. The Kier molecular flexibility index (Phi) is 17.0. The lowest BCUT2D eigenvalue weighted by atomic mass is 9.92. The molecule has 0 saturated heterocycles. The second kappa shape index (κ2) is 21.4. The molecule has 0 bridgehead atoms. The molecule has 1 aliphatic carbocycles. The molecule has 0 aromatic heterocycles. The highest BCUT2D eigenvalue weighted by Gasteiger charge is 2.36. The first kappa shape index (κ1) is 44.6. The zero-order valence-corrected chi connectivity index (χ0v) is 35.2. The summed E-state index contributed by atoms with van der Waals surface area (Å²) in [4.78, 5) is 57.0. The van der Waals surface area contributed by atoms with E-state index in [1.807, 2.05) is 25.1 Å². The molecule has 2 atom stereocenters. The molecule has 310 valence electrons. The minimum Gasteiger partial charge on any atom is -0.479 e. The topological polar surface area (TPSA) is 124 Å². The van der Waals surface area contributed by atoms with Crippen molar-refractivity contribution in [2.75, 3.05) is 57.4 Å². The van der Waals surface area contributed by atoms with E-state index in [2.05, 4.69) is 25.7 Å². The summed E-state index contributed by atoms with van der Waals surface area (Å²) in [5.41, 5.74) is 4.37. The molecule has 12 heteroatoms. The van der Waals surface area contributed by atoms with E-state index in [1.165, 1.54) is 26.4 Å². The molecule has 12 nitrogen and oxygen atoms in total. The molecule has 0 N–H and O–H groups in total. The SMILES string of the molecule is CCc1cc2c(cc1C(=O)N(C(C)C)C1CCCCC1)N(CCCCOC)C(=O)[C@@H](C)O2.CCc1cc2c(cc1C(=O)OC)N(CCCCOC)C(=O)[C@@H](C)O2. The molecule has 1 saturated carbocycles. The van der Waals surface area contributed by atoms with Crippen LogP contribution < -0.4 is 19.3 Å². The van der Waals surface area contributed by atoms with Crippen LogP contribution in [0.4, 0.5) is 11.4 Å². The van der Waals surface area contributed by atoms with Crippen LogP contribution in [0.5, 0.6) is 11.5 Å². The average Bonchev–Trinajstić information content (AvgIpc) is 3.20. The number of methoxy groups -OCH3 is 3.